The number of nitrogens with one attached hydrogen (secondary N) is 5. The molecule has 0 bridgehead atoms. The normalized spacial score (nSPS) is 31.2. The summed E-state index contributed by atoms with van der Waals surface area (Å²) in [5.41, 5.74) is 0. The maximum Gasteiger partial charge on any atom is 0.317 e. The molecule has 2 amide bonds. The van der Waals surface area contributed by atoms with Crippen molar-refractivity contribution in [3.8, 4) is 0 Å². The molecule has 8 nitrogen and oxygen atoms in total. The van der Waals surface area contributed by atoms with Crippen LogP contribution in [0.4, 0.5) is 4.79 Å². The molecule has 3 unspecified atom stereocenters. The van der Waals surface area contributed by atoms with Gasteiger partial charge in [-0.3, -0.25) is 10.6 Å². The monoisotopic (exact) mass is 398 g/mol. The van der Waals surface area contributed by atoms with Crippen LogP contribution in [-0.2, 0) is 4.74 Å². The van der Waals surface area contributed by atoms with Crippen molar-refractivity contribution < 1.29 is 9.53 Å². The van der Waals surface area contributed by atoms with Crippen molar-refractivity contribution in [2.45, 2.75) is 96.0 Å². The van der Waals surface area contributed by atoms with E-state index in [9.17, 15) is 4.79 Å². The van der Waals surface area contributed by atoms with E-state index in [2.05, 4.69) is 66.4 Å². The molecule has 1 aliphatic carbocycles. The predicted octanol–water partition coefficient (Wildman–Crippen LogP) is 1.14. The zero-order valence-electron chi connectivity index (χ0n) is 18.4. The lowest BCUT2D eigenvalue weighted by Gasteiger charge is -2.37. The number of carbonyl (C=O) groups excluding carboxylic acids is 1. The summed E-state index contributed by atoms with van der Waals surface area (Å²) in [4.78, 5) is 14.6. The van der Waals surface area contributed by atoms with E-state index in [-0.39, 0.29) is 30.6 Å². The van der Waals surface area contributed by atoms with Crippen molar-refractivity contribution in [3.63, 3.8) is 0 Å². The third kappa shape index (κ3) is 9.05. The van der Waals surface area contributed by atoms with Gasteiger partial charge in [-0.25, -0.2) is 4.79 Å². The summed E-state index contributed by atoms with van der Waals surface area (Å²) < 4.78 is 5.88. The number of amides is 2. The lowest BCUT2D eigenvalue weighted by Crippen LogP contribution is -2.68. The van der Waals surface area contributed by atoms with Gasteiger partial charge in [-0.2, -0.15) is 0 Å². The second-order valence-corrected chi connectivity index (χ2v) is 8.84. The summed E-state index contributed by atoms with van der Waals surface area (Å²) in [5.74, 6) is 0. The Morgan fingerprint density at radius 3 is 2.50 bits per heavy atom. The van der Waals surface area contributed by atoms with Crippen LogP contribution < -0.4 is 26.6 Å². The molecule has 8 heteroatoms. The van der Waals surface area contributed by atoms with Crippen molar-refractivity contribution >= 4 is 6.03 Å². The van der Waals surface area contributed by atoms with Crippen LogP contribution in [0.1, 0.15) is 59.3 Å². The molecule has 2 aliphatic rings. The fourth-order valence-corrected chi connectivity index (χ4v) is 4.01. The molecule has 0 aromatic rings. The number of hydrogen-bond acceptors (Lipinski definition) is 6. The summed E-state index contributed by atoms with van der Waals surface area (Å²) in [6, 6.07) is 0.452. The third-order valence-electron chi connectivity index (χ3n) is 5.33. The Balaban J connectivity index is 1.66. The maximum atomic E-state index is 12.4. The Labute approximate surface area is 170 Å². The summed E-state index contributed by atoms with van der Waals surface area (Å²) in [6.07, 6.45) is 6.65. The number of rotatable bonds is 9. The van der Waals surface area contributed by atoms with Crippen molar-refractivity contribution in [3.05, 3.63) is 0 Å². The van der Waals surface area contributed by atoms with Crippen molar-refractivity contribution in [2.24, 2.45) is 0 Å². The van der Waals surface area contributed by atoms with Crippen molar-refractivity contribution in [2.75, 3.05) is 27.2 Å². The molecule has 5 N–H and O–H groups in total. The predicted molar refractivity (Wildman–Crippen MR) is 113 cm³/mol. The highest BCUT2D eigenvalue weighted by atomic mass is 16.5. The van der Waals surface area contributed by atoms with E-state index in [1.807, 2.05) is 0 Å². The largest absolute Gasteiger partial charge is 0.376 e. The maximum absolute atomic E-state index is 12.4. The lowest BCUT2D eigenvalue weighted by molar-refractivity contribution is -0.0156. The second kappa shape index (κ2) is 11.9. The number of carbonyl (C=O) groups is 1. The Kier molecular flexibility index (Phi) is 9.94. The molecule has 1 saturated carbocycles. The molecule has 0 spiro atoms. The first-order valence-electron chi connectivity index (χ1n) is 10.9. The first kappa shape index (κ1) is 23.3. The standard InChI is InChI=1S/C20H42N6O2/c1-14(2)28-17-9-7-16(8-10-17)23-20(27)25-19-22-15(3)13-18(24-19)21-11-6-12-26(4)5/h14-19,21-22,24H,6-13H2,1-5H3,(H2,23,25,27). The molecule has 2 rings (SSSR count). The van der Waals surface area contributed by atoms with Gasteiger partial charge in [-0.15, -0.1) is 0 Å². The molecule has 164 valence electrons. The molecule has 0 radical (unpaired) electrons. The van der Waals surface area contributed by atoms with Crippen LogP contribution in [0.2, 0.25) is 0 Å². The van der Waals surface area contributed by atoms with Gasteiger partial charge < -0.3 is 25.6 Å². The van der Waals surface area contributed by atoms with Gasteiger partial charge in [0.1, 0.15) is 6.29 Å². The van der Waals surface area contributed by atoms with E-state index in [1.54, 1.807) is 0 Å². The van der Waals surface area contributed by atoms with Crippen molar-refractivity contribution in [1.82, 2.24) is 31.5 Å². The number of ether oxygens (including phenoxy) is 1. The van der Waals surface area contributed by atoms with Gasteiger partial charge in [0.25, 0.3) is 0 Å². The van der Waals surface area contributed by atoms with Gasteiger partial charge >= 0.3 is 6.03 Å². The van der Waals surface area contributed by atoms with Gasteiger partial charge in [0.2, 0.25) is 0 Å². The van der Waals surface area contributed by atoms with Crippen LogP contribution in [0.5, 0.6) is 0 Å². The molecule has 2 fully saturated rings. The summed E-state index contributed by atoms with van der Waals surface area (Å²) in [7, 11) is 4.18. The number of hydrogen-bond donors (Lipinski definition) is 5. The van der Waals surface area contributed by atoms with E-state index < -0.39 is 0 Å². The Bertz CT molecular complexity index is 454. The minimum atomic E-state index is -0.226. The SMILES string of the molecule is CC1CC(NCCCN(C)C)NC(NC(=O)NC2CCC(OC(C)C)CC2)N1. The van der Waals surface area contributed by atoms with Crippen LogP contribution in [0.3, 0.4) is 0 Å². The average molecular weight is 399 g/mol. The third-order valence-corrected chi connectivity index (χ3v) is 5.33. The highest BCUT2D eigenvalue weighted by Gasteiger charge is 2.27. The highest BCUT2D eigenvalue weighted by Crippen LogP contribution is 2.22. The van der Waals surface area contributed by atoms with Crippen LogP contribution in [-0.4, -0.2) is 74.9 Å². The van der Waals surface area contributed by atoms with Crippen LogP contribution in [0.15, 0.2) is 0 Å². The summed E-state index contributed by atoms with van der Waals surface area (Å²) >= 11 is 0. The molecular weight excluding hydrogens is 356 g/mol. The van der Waals surface area contributed by atoms with E-state index >= 15 is 0 Å². The molecule has 1 saturated heterocycles. The first-order valence-corrected chi connectivity index (χ1v) is 10.9. The van der Waals surface area contributed by atoms with Gasteiger partial charge in [0, 0.05) is 12.1 Å². The molecule has 1 aliphatic heterocycles. The number of urea groups is 1. The summed E-state index contributed by atoms with van der Waals surface area (Å²) in [6.45, 7) is 8.34. The molecular formula is C20H42N6O2. The summed E-state index contributed by atoms with van der Waals surface area (Å²) in [5, 5.41) is 16.5. The Morgan fingerprint density at radius 2 is 1.86 bits per heavy atom. The highest BCUT2D eigenvalue weighted by molar-refractivity contribution is 5.74. The topological polar surface area (TPSA) is 89.7 Å². The molecule has 28 heavy (non-hydrogen) atoms. The van der Waals surface area contributed by atoms with Gasteiger partial charge in [0.15, 0.2) is 0 Å². The van der Waals surface area contributed by atoms with Crippen LogP contribution in [0, 0.1) is 0 Å². The van der Waals surface area contributed by atoms with E-state index in [0.717, 1.165) is 51.6 Å². The second-order valence-electron chi connectivity index (χ2n) is 8.84. The molecule has 0 aromatic heterocycles. The smallest absolute Gasteiger partial charge is 0.317 e. The fraction of sp³-hybridized carbons (Fsp3) is 0.950. The van der Waals surface area contributed by atoms with Gasteiger partial charge in [-0.1, -0.05) is 0 Å². The minimum Gasteiger partial charge on any atom is -0.376 e. The Morgan fingerprint density at radius 1 is 1.14 bits per heavy atom. The molecule has 3 atom stereocenters. The average Bonchev–Trinajstić information content (AvgIpc) is 2.59. The van der Waals surface area contributed by atoms with Crippen molar-refractivity contribution in [1.29, 1.82) is 0 Å². The van der Waals surface area contributed by atoms with Gasteiger partial charge in [0.05, 0.1) is 18.4 Å². The van der Waals surface area contributed by atoms with E-state index in [0.29, 0.717) is 12.1 Å². The van der Waals surface area contributed by atoms with Crippen LogP contribution >= 0.6 is 0 Å². The quantitative estimate of drug-likeness (QED) is 0.374. The Hall–Kier alpha value is -0.930. The number of nitrogens with zero attached hydrogens (tertiary/aromatic N) is 1. The molecule has 0 aromatic carbocycles. The molecule has 1 heterocycles. The van der Waals surface area contributed by atoms with E-state index in [1.165, 1.54) is 0 Å². The zero-order chi connectivity index (χ0) is 20.5. The minimum absolute atomic E-state index is 0.112. The fourth-order valence-electron chi connectivity index (χ4n) is 4.01. The lowest BCUT2D eigenvalue weighted by atomic mass is 9.93. The zero-order valence-corrected chi connectivity index (χ0v) is 18.4. The van der Waals surface area contributed by atoms with Gasteiger partial charge in [-0.05, 0) is 86.5 Å². The first-order chi connectivity index (χ1) is 13.3. The van der Waals surface area contributed by atoms with Crippen LogP contribution in [0.25, 0.3) is 0 Å². The van der Waals surface area contributed by atoms with E-state index in [4.69, 9.17) is 4.74 Å².